The van der Waals surface area contributed by atoms with E-state index in [1.807, 2.05) is 0 Å². The highest BCUT2D eigenvalue weighted by molar-refractivity contribution is 9.10. The number of aromatic carboxylic acids is 1. The number of hydrogen-bond acceptors (Lipinski definition) is 2. The summed E-state index contributed by atoms with van der Waals surface area (Å²) >= 11 is 3.22. The fraction of sp³-hybridized carbons (Fsp3) is 0.167. The van der Waals surface area contributed by atoms with E-state index in [-0.39, 0.29) is 5.56 Å². The van der Waals surface area contributed by atoms with E-state index in [2.05, 4.69) is 32.5 Å². The van der Waals surface area contributed by atoms with Gasteiger partial charge in [0, 0.05) is 17.4 Å². The molecule has 3 N–H and O–H groups in total. The van der Waals surface area contributed by atoms with Crippen molar-refractivity contribution in [1.82, 2.24) is 5.32 Å². The zero-order valence-corrected chi connectivity index (χ0v) is 11.0. The van der Waals surface area contributed by atoms with Gasteiger partial charge in [-0.1, -0.05) is 0 Å². The van der Waals surface area contributed by atoms with Crippen LogP contribution in [0.25, 0.3) is 0 Å². The highest BCUT2D eigenvalue weighted by Gasteiger charge is 2.09. The molecule has 1 rings (SSSR count). The fourth-order valence-corrected chi connectivity index (χ4v) is 1.51. The van der Waals surface area contributed by atoms with Crippen molar-refractivity contribution in [3.8, 4) is 12.3 Å². The summed E-state index contributed by atoms with van der Waals surface area (Å²) in [5.41, 5.74) is 0.477. The van der Waals surface area contributed by atoms with Crippen LogP contribution in [0.5, 0.6) is 0 Å². The highest BCUT2D eigenvalue weighted by atomic mass is 79.9. The Bertz CT molecular complexity index is 509. The number of hydrogen-bond donors (Lipinski definition) is 3. The smallest absolute Gasteiger partial charge is 0.335 e. The zero-order chi connectivity index (χ0) is 13.5. The molecule has 0 heterocycles. The maximum absolute atomic E-state index is 11.5. The number of nitrogens with one attached hydrogen (secondary N) is 2. The SMILES string of the molecule is C#CCCNC(=O)Nc1cc(C(=O)O)ccc1Br. The summed E-state index contributed by atoms with van der Waals surface area (Å²) in [4.78, 5) is 22.3. The number of benzene rings is 1. The lowest BCUT2D eigenvalue weighted by Gasteiger charge is -2.09. The van der Waals surface area contributed by atoms with Gasteiger partial charge < -0.3 is 15.7 Å². The number of halogens is 1. The Hall–Kier alpha value is -2.00. The Morgan fingerprint density at radius 2 is 2.17 bits per heavy atom. The van der Waals surface area contributed by atoms with Crippen LogP contribution in [0.2, 0.25) is 0 Å². The molecule has 0 unspecified atom stereocenters. The van der Waals surface area contributed by atoms with Gasteiger partial charge in [-0.2, -0.15) is 0 Å². The summed E-state index contributed by atoms with van der Waals surface area (Å²) in [6, 6.07) is 3.93. The van der Waals surface area contributed by atoms with Crippen LogP contribution < -0.4 is 10.6 Å². The minimum Gasteiger partial charge on any atom is -0.478 e. The average Bonchev–Trinajstić information content (AvgIpc) is 2.32. The molecule has 1 aromatic carbocycles. The van der Waals surface area contributed by atoms with Gasteiger partial charge in [-0.25, -0.2) is 9.59 Å². The molecule has 0 aliphatic heterocycles. The van der Waals surface area contributed by atoms with Crippen molar-refractivity contribution in [2.75, 3.05) is 11.9 Å². The molecule has 0 aliphatic carbocycles. The highest BCUT2D eigenvalue weighted by Crippen LogP contribution is 2.23. The summed E-state index contributed by atoms with van der Waals surface area (Å²) in [6.07, 6.45) is 5.48. The molecule has 2 amide bonds. The van der Waals surface area contributed by atoms with Crippen molar-refractivity contribution in [1.29, 1.82) is 0 Å². The van der Waals surface area contributed by atoms with E-state index in [0.29, 0.717) is 23.1 Å². The van der Waals surface area contributed by atoms with Gasteiger partial charge in [0.15, 0.2) is 0 Å². The predicted octanol–water partition coefficient (Wildman–Crippen LogP) is 2.29. The van der Waals surface area contributed by atoms with E-state index in [9.17, 15) is 9.59 Å². The lowest BCUT2D eigenvalue weighted by atomic mass is 10.2. The maximum Gasteiger partial charge on any atom is 0.335 e. The van der Waals surface area contributed by atoms with Crippen molar-refractivity contribution in [2.45, 2.75) is 6.42 Å². The van der Waals surface area contributed by atoms with Gasteiger partial charge in [0.25, 0.3) is 0 Å². The standard InChI is InChI=1S/C12H11BrN2O3/c1-2-3-6-14-12(18)15-10-7-8(11(16)17)4-5-9(10)13/h1,4-5,7H,3,6H2,(H,16,17)(H2,14,15,18). The molecule has 6 heteroatoms. The largest absolute Gasteiger partial charge is 0.478 e. The van der Waals surface area contributed by atoms with Crippen LogP contribution in [0, 0.1) is 12.3 Å². The van der Waals surface area contributed by atoms with Crippen LogP contribution in [0.1, 0.15) is 16.8 Å². The zero-order valence-electron chi connectivity index (χ0n) is 9.37. The van der Waals surface area contributed by atoms with Crippen LogP contribution in [0.4, 0.5) is 10.5 Å². The van der Waals surface area contributed by atoms with Gasteiger partial charge in [0.1, 0.15) is 0 Å². The molecule has 0 saturated carbocycles. The molecule has 0 aliphatic rings. The monoisotopic (exact) mass is 310 g/mol. The first kappa shape index (κ1) is 14.1. The number of carboxylic acids is 1. The maximum atomic E-state index is 11.5. The second-order valence-corrected chi connectivity index (χ2v) is 4.19. The lowest BCUT2D eigenvalue weighted by Crippen LogP contribution is -2.29. The van der Waals surface area contributed by atoms with Crippen molar-refractivity contribution in [3.63, 3.8) is 0 Å². The van der Waals surface area contributed by atoms with Gasteiger partial charge in [-0.05, 0) is 34.1 Å². The summed E-state index contributed by atoms with van der Waals surface area (Å²) in [5.74, 6) is 1.34. The molecule has 0 aromatic heterocycles. The number of anilines is 1. The number of carboxylic acid groups (broad SMARTS) is 1. The third kappa shape index (κ3) is 4.11. The number of rotatable bonds is 4. The van der Waals surface area contributed by atoms with Gasteiger partial charge in [-0.15, -0.1) is 12.3 Å². The van der Waals surface area contributed by atoms with E-state index in [1.165, 1.54) is 12.1 Å². The Kier molecular flexibility index (Phi) is 5.21. The Balaban J connectivity index is 2.72. The van der Waals surface area contributed by atoms with Crippen LogP contribution in [-0.4, -0.2) is 23.7 Å². The molecule has 0 fully saturated rings. The quantitative estimate of drug-likeness (QED) is 0.590. The normalized spacial score (nSPS) is 9.33. The molecular weight excluding hydrogens is 300 g/mol. The number of carbonyl (C=O) groups is 2. The third-order valence-electron chi connectivity index (χ3n) is 2.02. The van der Waals surface area contributed by atoms with Gasteiger partial charge in [0.2, 0.25) is 0 Å². The number of urea groups is 1. The predicted molar refractivity (Wildman–Crippen MR) is 71.6 cm³/mol. The second kappa shape index (κ2) is 6.67. The molecule has 94 valence electrons. The van der Waals surface area contributed by atoms with Crippen LogP contribution in [0.3, 0.4) is 0 Å². The Labute approximate surface area is 113 Å². The van der Waals surface area contributed by atoms with E-state index in [1.54, 1.807) is 6.07 Å². The van der Waals surface area contributed by atoms with Crippen LogP contribution in [0.15, 0.2) is 22.7 Å². The van der Waals surface area contributed by atoms with E-state index in [0.717, 1.165) is 0 Å². The molecule has 0 radical (unpaired) electrons. The average molecular weight is 311 g/mol. The fourth-order valence-electron chi connectivity index (χ4n) is 1.17. The van der Waals surface area contributed by atoms with Gasteiger partial charge >= 0.3 is 12.0 Å². The molecule has 0 bridgehead atoms. The molecular formula is C12H11BrN2O3. The van der Waals surface area contributed by atoms with Gasteiger partial charge in [-0.3, -0.25) is 0 Å². The molecule has 5 nitrogen and oxygen atoms in total. The number of terminal acetylenes is 1. The van der Waals surface area contributed by atoms with E-state index < -0.39 is 12.0 Å². The van der Waals surface area contributed by atoms with Crippen molar-refractivity contribution in [2.24, 2.45) is 0 Å². The molecule has 18 heavy (non-hydrogen) atoms. The second-order valence-electron chi connectivity index (χ2n) is 3.33. The molecule has 1 aromatic rings. The molecule has 0 spiro atoms. The molecule has 0 atom stereocenters. The molecule has 0 saturated heterocycles. The third-order valence-corrected chi connectivity index (χ3v) is 2.71. The van der Waals surface area contributed by atoms with Crippen molar-refractivity contribution in [3.05, 3.63) is 28.2 Å². The number of carbonyl (C=O) groups excluding carboxylic acids is 1. The first-order valence-electron chi connectivity index (χ1n) is 5.05. The first-order valence-corrected chi connectivity index (χ1v) is 5.85. The topological polar surface area (TPSA) is 78.4 Å². The Morgan fingerprint density at radius 3 is 2.78 bits per heavy atom. The van der Waals surface area contributed by atoms with Gasteiger partial charge in [0.05, 0.1) is 11.3 Å². The minimum absolute atomic E-state index is 0.0946. The van der Waals surface area contributed by atoms with Crippen LogP contribution in [-0.2, 0) is 0 Å². The summed E-state index contributed by atoms with van der Waals surface area (Å²) in [6.45, 7) is 0.360. The van der Waals surface area contributed by atoms with Crippen LogP contribution >= 0.6 is 15.9 Å². The Morgan fingerprint density at radius 1 is 1.44 bits per heavy atom. The van der Waals surface area contributed by atoms with Crippen molar-refractivity contribution < 1.29 is 14.7 Å². The number of amides is 2. The summed E-state index contributed by atoms with van der Waals surface area (Å²) in [5, 5.41) is 13.9. The van der Waals surface area contributed by atoms with E-state index >= 15 is 0 Å². The summed E-state index contributed by atoms with van der Waals surface area (Å²) in [7, 11) is 0. The van der Waals surface area contributed by atoms with E-state index in [4.69, 9.17) is 11.5 Å². The summed E-state index contributed by atoms with van der Waals surface area (Å²) < 4.78 is 0.597. The minimum atomic E-state index is -1.06. The lowest BCUT2D eigenvalue weighted by molar-refractivity contribution is 0.0697. The van der Waals surface area contributed by atoms with Crippen molar-refractivity contribution >= 4 is 33.6 Å². The first-order chi connectivity index (χ1) is 8.54.